The molecule has 0 saturated carbocycles. The molecular formula is C28H26N4OS. The van der Waals surface area contributed by atoms with Crippen LogP contribution in [-0.2, 0) is 11.2 Å². The number of benzene rings is 3. The number of nitrogens with zero attached hydrogens (tertiary/aromatic N) is 2. The molecule has 0 bridgehead atoms. The van der Waals surface area contributed by atoms with Crippen LogP contribution in [0.3, 0.4) is 0 Å². The first-order chi connectivity index (χ1) is 16.6. The van der Waals surface area contributed by atoms with E-state index in [2.05, 4.69) is 36.6 Å². The third-order valence-corrected chi connectivity index (χ3v) is 6.52. The van der Waals surface area contributed by atoms with E-state index in [1.165, 1.54) is 22.0 Å². The van der Waals surface area contributed by atoms with Crippen molar-refractivity contribution in [1.82, 2.24) is 4.98 Å². The van der Waals surface area contributed by atoms with Gasteiger partial charge in [0.2, 0.25) is 0 Å². The van der Waals surface area contributed by atoms with Gasteiger partial charge < -0.3 is 10.6 Å². The molecule has 6 heteroatoms. The summed E-state index contributed by atoms with van der Waals surface area (Å²) in [5.74, 6) is -0.447. The van der Waals surface area contributed by atoms with E-state index < -0.39 is 5.91 Å². The summed E-state index contributed by atoms with van der Waals surface area (Å²) in [6.45, 7) is 4.24. The second kappa shape index (κ2) is 10.8. The van der Waals surface area contributed by atoms with Crippen molar-refractivity contribution in [3.05, 3.63) is 89.6 Å². The van der Waals surface area contributed by atoms with Crippen molar-refractivity contribution in [2.45, 2.75) is 33.1 Å². The van der Waals surface area contributed by atoms with Crippen LogP contribution in [0.15, 0.2) is 78.5 Å². The number of aryl methyl sites for hydroxylation is 2. The zero-order chi connectivity index (χ0) is 23.9. The summed E-state index contributed by atoms with van der Waals surface area (Å²) >= 11 is 1.66. The Morgan fingerprint density at radius 2 is 1.79 bits per heavy atom. The fourth-order valence-corrected chi connectivity index (χ4v) is 4.57. The molecular weight excluding hydrogens is 440 g/mol. The van der Waals surface area contributed by atoms with Crippen molar-refractivity contribution in [3.8, 4) is 16.6 Å². The highest BCUT2D eigenvalue weighted by molar-refractivity contribution is 7.21. The molecule has 170 valence electrons. The highest BCUT2D eigenvalue weighted by Gasteiger charge is 2.10. The molecule has 1 aromatic heterocycles. The van der Waals surface area contributed by atoms with E-state index in [4.69, 9.17) is 4.98 Å². The van der Waals surface area contributed by atoms with E-state index in [1.54, 1.807) is 11.3 Å². The summed E-state index contributed by atoms with van der Waals surface area (Å²) in [5, 5.41) is 16.2. The Morgan fingerprint density at radius 1 is 1.06 bits per heavy atom. The fourth-order valence-electron chi connectivity index (χ4n) is 3.50. The van der Waals surface area contributed by atoms with Crippen LogP contribution >= 0.6 is 11.3 Å². The number of anilines is 2. The Kier molecular flexibility index (Phi) is 7.36. The maximum absolute atomic E-state index is 12.5. The van der Waals surface area contributed by atoms with E-state index in [0.29, 0.717) is 5.69 Å². The highest BCUT2D eigenvalue weighted by Crippen LogP contribution is 2.31. The van der Waals surface area contributed by atoms with Crippen molar-refractivity contribution in [1.29, 1.82) is 5.26 Å². The van der Waals surface area contributed by atoms with Gasteiger partial charge in [-0.05, 0) is 79.4 Å². The van der Waals surface area contributed by atoms with Crippen LogP contribution in [0.4, 0.5) is 11.4 Å². The summed E-state index contributed by atoms with van der Waals surface area (Å²) in [7, 11) is 0. The van der Waals surface area contributed by atoms with Gasteiger partial charge in [-0.15, -0.1) is 11.3 Å². The summed E-state index contributed by atoms with van der Waals surface area (Å²) < 4.78 is 1.17. The lowest BCUT2D eigenvalue weighted by molar-refractivity contribution is -0.112. The summed E-state index contributed by atoms with van der Waals surface area (Å²) in [4.78, 5) is 17.2. The molecule has 1 heterocycles. The Balaban J connectivity index is 1.40. The zero-order valence-electron chi connectivity index (χ0n) is 19.3. The number of hydrogen-bond acceptors (Lipinski definition) is 5. The summed E-state index contributed by atoms with van der Waals surface area (Å²) in [6.07, 6.45) is 4.74. The number of aromatic nitrogens is 1. The molecule has 0 unspecified atom stereocenters. The Hall–Kier alpha value is -3.95. The standard InChI is InChI=1S/C28H26N4OS/c1-3-4-5-20-7-11-24(12-8-20)31-27(33)22(17-29)18-30-23-13-9-21(10-14-23)28-32-25-15-6-19(2)16-26(25)34-28/h6-16,18,30H,3-5H2,1-2H3,(H,31,33)/b22-18-. The van der Waals surface area contributed by atoms with Gasteiger partial charge >= 0.3 is 0 Å². The van der Waals surface area contributed by atoms with Gasteiger partial charge in [-0.2, -0.15) is 5.26 Å². The highest BCUT2D eigenvalue weighted by atomic mass is 32.1. The number of thiazole rings is 1. The van der Waals surface area contributed by atoms with Gasteiger partial charge in [-0.1, -0.05) is 31.5 Å². The van der Waals surface area contributed by atoms with E-state index in [-0.39, 0.29) is 5.57 Å². The third-order valence-electron chi connectivity index (χ3n) is 5.45. The maximum atomic E-state index is 12.5. The molecule has 0 atom stereocenters. The number of nitriles is 1. The number of nitrogens with one attached hydrogen (secondary N) is 2. The number of rotatable bonds is 8. The molecule has 1 amide bonds. The molecule has 0 aliphatic carbocycles. The molecule has 4 aromatic rings. The number of carbonyl (C=O) groups excluding carboxylic acids is 1. The smallest absolute Gasteiger partial charge is 0.267 e. The molecule has 5 nitrogen and oxygen atoms in total. The molecule has 0 aliphatic heterocycles. The van der Waals surface area contributed by atoms with Crippen LogP contribution in [-0.4, -0.2) is 10.9 Å². The Bertz CT molecular complexity index is 1360. The summed E-state index contributed by atoms with van der Waals surface area (Å²) in [6, 6.07) is 23.7. The van der Waals surface area contributed by atoms with Gasteiger partial charge in [0.1, 0.15) is 16.6 Å². The molecule has 34 heavy (non-hydrogen) atoms. The Morgan fingerprint density at radius 3 is 2.50 bits per heavy atom. The van der Waals surface area contributed by atoms with Gasteiger partial charge in [0.05, 0.1) is 10.2 Å². The molecule has 0 spiro atoms. The van der Waals surface area contributed by atoms with Crippen molar-refractivity contribution >= 4 is 38.8 Å². The molecule has 3 aromatic carbocycles. The molecule has 4 rings (SSSR count). The van der Waals surface area contributed by atoms with Gasteiger partial charge in [0, 0.05) is 23.1 Å². The minimum atomic E-state index is -0.447. The van der Waals surface area contributed by atoms with Gasteiger partial charge in [0.25, 0.3) is 5.91 Å². The lowest BCUT2D eigenvalue weighted by Gasteiger charge is -2.07. The number of unbranched alkanes of at least 4 members (excludes halogenated alkanes) is 1. The largest absolute Gasteiger partial charge is 0.360 e. The average molecular weight is 467 g/mol. The number of fused-ring (bicyclic) bond motifs is 1. The van der Waals surface area contributed by atoms with Crippen LogP contribution in [0, 0.1) is 18.3 Å². The second-order valence-electron chi connectivity index (χ2n) is 8.14. The molecule has 0 radical (unpaired) electrons. The molecule has 0 aliphatic rings. The average Bonchev–Trinajstić information content (AvgIpc) is 3.27. The summed E-state index contributed by atoms with van der Waals surface area (Å²) in [5.41, 5.74) is 5.92. The topological polar surface area (TPSA) is 77.8 Å². The third kappa shape index (κ3) is 5.69. The quantitative estimate of drug-likeness (QED) is 0.215. The molecule has 0 fully saturated rings. The first-order valence-electron chi connectivity index (χ1n) is 11.3. The number of amides is 1. The van der Waals surface area contributed by atoms with E-state index >= 15 is 0 Å². The lowest BCUT2D eigenvalue weighted by atomic mass is 10.1. The van der Waals surface area contributed by atoms with Gasteiger partial charge in [0.15, 0.2) is 0 Å². The number of carbonyl (C=O) groups is 1. The number of hydrogen-bond donors (Lipinski definition) is 2. The van der Waals surface area contributed by atoms with Gasteiger partial charge in [-0.25, -0.2) is 4.98 Å². The van der Waals surface area contributed by atoms with Crippen molar-refractivity contribution in [2.24, 2.45) is 0 Å². The predicted octanol–water partition coefficient (Wildman–Crippen LogP) is 7.07. The minimum absolute atomic E-state index is 0.000629. The second-order valence-corrected chi connectivity index (χ2v) is 9.17. The molecule has 2 N–H and O–H groups in total. The van der Waals surface area contributed by atoms with Crippen LogP contribution < -0.4 is 10.6 Å². The van der Waals surface area contributed by atoms with Crippen LogP contribution in [0.2, 0.25) is 0 Å². The van der Waals surface area contributed by atoms with Crippen molar-refractivity contribution in [3.63, 3.8) is 0 Å². The minimum Gasteiger partial charge on any atom is -0.360 e. The zero-order valence-corrected chi connectivity index (χ0v) is 20.1. The van der Waals surface area contributed by atoms with E-state index in [1.807, 2.05) is 60.7 Å². The normalized spacial score (nSPS) is 11.3. The van der Waals surface area contributed by atoms with E-state index in [0.717, 1.165) is 41.0 Å². The SMILES string of the molecule is CCCCc1ccc(NC(=O)/C(C#N)=C\Nc2ccc(-c3nc4ccc(C)cc4s3)cc2)cc1. The van der Waals surface area contributed by atoms with E-state index in [9.17, 15) is 10.1 Å². The first-order valence-corrected chi connectivity index (χ1v) is 12.1. The lowest BCUT2D eigenvalue weighted by Crippen LogP contribution is -2.14. The first kappa shape index (κ1) is 23.2. The Labute approximate surface area is 203 Å². The van der Waals surface area contributed by atoms with Crippen LogP contribution in [0.1, 0.15) is 30.9 Å². The van der Waals surface area contributed by atoms with Crippen LogP contribution in [0.5, 0.6) is 0 Å². The van der Waals surface area contributed by atoms with Crippen LogP contribution in [0.25, 0.3) is 20.8 Å². The monoisotopic (exact) mass is 466 g/mol. The van der Waals surface area contributed by atoms with Crippen molar-refractivity contribution < 1.29 is 4.79 Å². The predicted molar refractivity (Wildman–Crippen MR) is 141 cm³/mol. The van der Waals surface area contributed by atoms with Gasteiger partial charge in [-0.3, -0.25) is 4.79 Å². The van der Waals surface area contributed by atoms with Crippen molar-refractivity contribution in [2.75, 3.05) is 10.6 Å². The fraction of sp³-hybridized carbons (Fsp3) is 0.179. The maximum Gasteiger partial charge on any atom is 0.267 e. The molecule has 0 saturated heterocycles.